The summed E-state index contributed by atoms with van der Waals surface area (Å²) in [5.41, 5.74) is 1.44. The van der Waals surface area contributed by atoms with E-state index in [4.69, 9.17) is 0 Å². The first-order valence-corrected chi connectivity index (χ1v) is 4.05. The minimum Gasteiger partial charge on any atom is -0.311 e. The van der Waals surface area contributed by atoms with E-state index in [1.807, 2.05) is 0 Å². The van der Waals surface area contributed by atoms with E-state index in [9.17, 15) is 0 Å². The summed E-state index contributed by atoms with van der Waals surface area (Å²) >= 11 is 0. The number of nitrogens with one attached hydrogen (secondary N) is 1. The summed E-state index contributed by atoms with van der Waals surface area (Å²) in [7, 11) is 0. The van der Waals surface area contributed by atoms with Gasteiger partial charge in [0, 0.05) is 12.6 Å². The quantitative estimate of drug-likeness (QED) is 0.592. The second-order valence-corrected chi connectivity index (χ2v) is 2.99. The molecule has 60 valence electrons. The molecule has 0 fully saturated rings. The third-order valence-electron chi connectivity index (χ3n) is 1.34. The van der Waals surface area contributed by atoms with Gasteiger partial charge in [0.15, 0.2) is 0 Å². The highest BCUT2D eigenvalue weighted by Crippen LogP contribution is 1.92. The Morgan fingerprint density at radius 2 is 2.10 bits per heavy atom. The van der Waals surface area contributed by atoms with Crippen molar-refractivity contribution in [1.29, 1.82) is 0 Å². The molecular weight excluding hydrogens is 122 g/mol. The summed E-state index contributed by atoms with van der Waals surface area (Å²) < 4.78 is 0. The summed E-state index contributed by atoms with van der Waals surface area (Å²) in [5, 5.41) is 3.36. The first-order chi connectivity index (χ1) is 4.66. The Kier molecular flexibility index (Phi) is 5.32. The molecule has 0 heterocycles. The van der Waals surface area contributed by atoms with Gasteiger partial charge in [-0.25, -0.2) is 0 Å². The normalized spacial score (nSPS) is 12.7. The van der Waals surface area contributed by atoms with Crippen LogP contribution in [0.15, 0.2) is 11.6 Å². The molecule has 0 amide bonds. The second-order valence-electron chi connectivity index (χ2n) is 2.99. The van der Waals surface area contributed by atoms with Crippen LogP contribution in [0.4, 0.5) is 0 Å². The zero-order valence-corrected chi connectivity index (χ0v) is 7.57. The van der Waals surface area contributed by atoms with E-state index < -0.39 is 0 Å². The van der Waals surface area contributed by atoms with Gasteiger partial charge in [-0.2, -0.15) is 0 Å². The fourth-order valence-corrected chi connectivity index (χ4v) is 0.786. The zero-order valence-electron chi connectivity index (χ0n) is 7.57. The molecule has 1 N–H and O–H groups in total. The first kappa shape index (κ1) is 9.70. The van der Waals surface area contributed by atoms with E-state index in [2.05, 4.69) is 39.1 Å². The second kappa shape index (κ2) is 5.48. The Morgan fingerprint density at radius 1 is 1.50 bits per heavy atom. The molecule has 0 rings (SSSR count). The molecule has 10 heavy (non-hydrogen) atoms. The predicted molar refractivity (Wildman–Crippen MR) is 47.2 cm³/mol. The molecule has 0 bridgehead atoms. The molecule has 1 nitrogen and oxygen atoms in total. The van der Waals surface area contributed by atoms with Crippen molar-refractivity contribution in [2.24, 2.45) is 0 Å². The van der Waals surface area contributed by atoms with Crippen LogP contribution in [0.5, 0.6) is 0 Å². The topological polar surface area (TPSA) is 12.0 Å². The van der Waals surface area contributed by atoms with E-state index in [1.54, 1.807) is 0 Å². The highest BCUT2D eigenvalue weighted by Gasteiger charge is 1.91. The van der Waals surface area contributed by atoms with Gasteiger partial charge in [-0.05, 0) is 13.3 Å². The first-order valence-electron chi connectivity index (χ1n) is 4.05. The van der Waals surface area contributed by atoms with Crippen molar-refractivity contribution in [1.82, 2.24) is 5.32 Å². The average Bonchev–Trinajstić information content (AvgIpc) is 1.85. The summed E-state index contributed by atoms with van der Waals surface area (Å²) in [5.74, 6) is 0. The van der Waals surface area contributed by atoms with Crippen LogP contribution >= 0.6 is 0 Å². The van der Waals surface area contributed by atoms with Crippen LogP contribution in [0, 0.1) is 0 Å². The molecule has 0 atom stereocenters. The summed E-state index contributed by atoms with van der Waals surface area (Å²) in [6.07, 6.45) is 3.40. The number of hydrogen-bond acceptors (Lipinski definition) is 1. The lowest BCUT2D eigenvalue weighted by Gasteiger charge is -2.07. The Hall–Kier alpha value is -0.300. The zero-order chi connectivity index (χ0) is 7.98. The van der Waals surface area contributed by atoms with Gasteiger partial charge in [0.05, 0.1) is 0 Å². The van der Waals surface area contributed by atoms with Crippen molar-refractivity contribution in [3.8, 4) is 0 Å². The molecule has 1 heteroatoms. The van der Waals surface area contributed by atoms with Crippen molar-refractivity contribution in [2.45, 2.75) is 40.2 Å². The van der Waals surface area contributed by atoms with Crippen LogP contribution in [0.25, 0.3) is 0 Å². The third-order valence-corrected chi connectivity index (χ3v) is 1.34. The van der Waals surface area contributed by atoms with Gasteiger partial charge >= 0.3 is 0 Å². The molecule has 0 aromatic heterocycles. The molecule has 0 aromatic carbocycles. The Bertz CT molecular complexity index is 103. The maximum atomic E-state index is 3.36. The monoisotopic (exact) mass is 141 g/mol. The molecule has 0 aromatic rings. The van der Waals surface area contributed by atoms with E-state index in [0.29, 0.717) is 6.04 Å². The molecule has 0 unspecified atom stereocenters. The summed E-state index contributed by atoms with van der Waals surface area (Å²) in [4.78, 5) is 0. The van der Waals surface area contributed by atoms with Gasteiger partial charge in [0.25, 0.3) is 0 Å². The molecule has 0 aliphatic rings. The van der Waals surface area contributed by atoms with Gasteiger partial charge in [-0.1, -0.05) is 32.4 Å². The average molecular weight is 141 g/mol. The lowest BCUT2D eigenvalue weighted by atomic mass is 10.2. The maximum Gasteiger partial charge on any atom is 0.0164 e. The fraction of sp³-hybridized carbons (Fsp3) is 0.778. The largest absolute Gasteiger partial charge is 0.311 e. The summed E-state index contributed by atoms with van der Waals surface area (Å²) in [6, 6.07) is 0.597. The van der Waals surface area contributed by atoms with Crippen molar-refractivity contribution in [2.75, 3.05) is 6.54 Å². The fourth-order valence-electron chi connectivity index (χ4n) is 0.786. The smallest absolute Gasteiger partial charge is 0.0164 e. The standard InChI is InChI=1S/C9H19N/c1-5-6-9(4)7-10-8(2)3/h6,8,10H,5,7H2,1-4H3/b9-6+. The van der Waals surface area contributed by atoms with E-state index in [-0.39, 0.29) is 0 Å². The van der Waals surface area contributed by atoms with Gasteiger partial charge in [0.2, 0.25) is 0 Å². The van der Waals surface area contributed by atoms with E-state index in [1.165, 1.54) is 5.57 Å². The van der Waals surface area contributed by atoms with Crippen LogP contribution in [0.3, 0.4) is 0 Å². The SMILES string of the molecule is CC/C=C(\C)CNC(C)C. The Labute approximate surface area is 64.5 Å². The van der Waals surface area contributed by atoms with Crippen molar-refractivity contribution in [3.05, 3.63) is 11.6 Å². The van der Waals surface area contributed by atoms with Crippen LogP contribution in [-0.4, -0.2) is 12.6 Å². The maximum absolute atomic E-state index is 3.36. The van der Waals surface area contributed by atoms with Gasteiger partial charge < -0.3 is 5.32 Å². The van der Waals surface area contributed by atoms with Crippen LogP contribution < -0.4 is 5.32 Å². The van der Waals surface area contributed by atoms with E-state index >= 15 is 0 Å². The molecule has 0 spiro atoms. The van der Waals surface area contributed by atoms with Crippen molar-refractivity contribution in [3.63, 3.8) is 0 Å². The number of hydrogen-bond donors (Lipinski definition) is 1. The number of allylic oxidation sites excluding steroid dienone is 1. The Morgan fingerprint density at radius 3 is 2.50 bits per heavy atom. The molecule has 0 saturated heterocycles. The minimum atomic E-state index is 0.597. The molecule has 0 aliphatic carbocycles. The highest BCUT2D eigenvalue weighted by atomic mass is 14.9. The highest BCUT2D eigenvalue weighted by molar-refractivity contribution is 4.99. The lowest BCUT2D eigenvalue weighted by Crippen LogP contribution is -2.24. The van der Waals surface area contributed by atoms with Crippen molar-refractivity contribution >= 4 is 0 Å². The Balaban J connectivity index is 3.39. The minimum absolute atomic E-state index is 0.597. The summed E-state index contributed by atoms with van der Waals surface area (Å²) in [6.45, 7) is 9.70. The molecular formula is C9H19N. The predicted octanol–water partition coefficient (Wildman–Crippen LogP) is 2.34. The van der Waals surface area contributed by atoms with Gasteiger partial charge in [-0.15, -0.1) is 0 Å². The van der Waals surface area contributed by atoms with Crippen LogP contribution in [0.1, 0.15) is 34.1 Å². The van der Waals surface area contributed by atoms with Crippen LogP contribution in [-0.2, 0) is 0 Å². The van der Waals surface area contributed by atoms with Crippen molar-refractivity contribution < 1.29 is 0 Å². The van der Waals surface area contributed by atoms with Gasteiger partial charge in [0.1, 0.15) is 0 Å². The van der Waals surface area contributed by atoms with Crippen LogP contribution in [0.2, 0.25) is 0 Å². The molecule has 0 saturated carbocycles. The van der Waals surface area contributed by atoms with Gasteiger partial charge in [-0.3, -0.25) is 0 Å². The molecule has 0 radical (unpaired) electrons. The number of rotatable bonds is 4. The molecule has 0 aliphatic heterocycles. The van der Waals surface area contributed by atoms with E-state index in [0.717, 1.165) is 13.0 Å². The lowest BCUT2D eigenvalue weighted by molar-refractivity contribution is 0.620. The third kappa shape index (κ3) is 5.83.